The Labute approximate surface area is 175 Å². The Morgan fingerprint density at radius 1 is 0.966 bits per heavy atom. The predicted octanol–water partition coefficient (Wildman–Crippen LogP) is 3.32. The maximum atomic E-state index is 4.89. The number of nitrogens with zero attached hydrogens (tertiary/aromatic N) is 6. The van der Waals surface area contributed by atoms with Crippen LogP contribution in [0.1, 0.15) is 25.7 Å². The minimum atomic E-state index is 0.567. The van der Waals surface area contributed by atoms with Crippen molar-refractivity contribution in [1.82, 2.24) is 35.5 Å². The van der Waals surface area contributed by atoms with Crippen molar-refractivity contribution in [2.75, 3.05) is 11.9 Å². The van der Waals surface area contributed by atoms with Gasteiger partial charge in [-0.05, 0) is 25.7 Å². The van der Waals surface area contributed by atoms with Crippen LogP contribution < -0.4 is 10.2 Å². The first kappa shape index (κ1) is 17.4. The van der Waals surface area contributed by atoms with Gasteiger partial charge in [0.1, 0.15) is 5.01 Å². The Kier molecular flexibility index (Phi) is 4.10. The molecular formula is C19H20N8S2. The summed E-state index contributed by atoms with van der Waals surface area (Å²) in [4.78, 5) is 22.9. The molecule has 0 aromatic carbocycles. The summed E-state index contributed by atoms with van der Waals surface area (Å²) in [5.74, 6) is 0.652. The van der Waals surface area contributed by atoms with Crippen molar-refractivity contribution in [3.8, 4) is 22.0 Å². The molecule has 2 aliphatic rings. The van der Waals surface area contributed by atoms with Crippen molar-refractivity contribution in [2.45, 2.75) is 43.8 Å². The molecule has 29 heavy (non-hydrogen) atoms. The van der Waals surface area contributed by atoms with Gasteiger partial charge < -0.3 is 10.2 Å². The highest BCUT2D eigenvalue weighted by Gasteiger charge is 2.36. The van der Waals surface area contributed by atoms with E-state index in [2.05, 4.69) is 37.4 Å². The number of hydrogen-bond donors (Lipinski definition) is 2. The molecule has 0 unspecified atom stereocenters. The van der Waals surface area contributed by atoms with E-state index in [0.717, 1.165) is 30.9 Å². The molecule has 0 radical (unpaired) electrons. The topological polar surface area (TPSA) is 95.5 Å². The van der Waals surface area contributed by atoms with Crippen LogP contribution in [0.5, 0.6) is 0 Å². The Bertz CT molecular complexity index is 1090. The van der Waals surface area contributed by atoms with Crippen molar-refractivity contribution in [3.05, 3.63) is 24.8 Å². The molecule has 0 spiro atoms. The summed E-state index contributed by atoms with van der Waals surface area (Å²) >= 11 is 3.28. The van der Waals surface area contributed by atoms with Crippen molar-refractivity contribution in [2.24, 2.45) is 0 Å². The molecule has 4 aromatic rings. The van der Waals surface area contributed by atoms with Crippen LogP contribution in [0.4, 0.5) is 5.13 Å². The third-order valence-electron chi connectivity index (χ3n) is 5.92. The monoisotopic (exact) mass is 424 g/mol. The second kappa shape index (κ2) is 6.82. The molecule has 8 nitrogen and oxygen atoms in total. The van der Waals surface area contributed by atoms with E-state index in [1.165, 1.54) is 25.7 Å². The van der Waals surface area contributed by atoms with Gasteiger partial charge in [-0.1, -0.05) is 22.7 Å². The van der Waals surface area contributed by atoms with E-state index in [0.29, 0.717) is 23.9 Å². The number of H-pyrrole nitrogens is 1. The van der Waals surface area contributed by atoms with Crippen LogP contribution in [-0.2, 0) is 0 Å². The lowest BCUT2D eigenvalue weighted by Gasteiger charge is -2.35. The molecule has 10 heteroatoms. The summed E-state index contributed by atoms with van der Waals surface area (Å²) in [6.45, 7) is 0. The van der Waals surface area contributed by atoms with Crippen LogP contribution in [-0.4, -0.2) is 55.3 Å². The minimum absolute atomic E-state index is 0.567. The normalized spacial score (nSPS) is 23.7. The number of rotatable bonds is 4. The van der Waals surface area contributed by atoms with Crippen LogP contribution in [0.3, 0.4) is 0 Å². The van der Waals surface area contributed by atoms with Gasteiger partial charge in [0.25, 0.3) is 0 Å². The Balaban J connectivity index is 1.23. The van der Waals surface area contributed by atoms with Crippen LogP contribution in [0, 0.1) is 0 Å². The molecule has 6 rings (SSSR count). The van der Waals surface area contributed by atoms with Gasteiger partial charge in [0.05, 0.1) is 11.8 Å². The largest absolute Gasteiger partial charge is 0.348 e. The summed E-state index contributed by atoms with van der Waals surface area (Å²) < 4.78 is 0. The van der Waals surface area contributed by atoms with Crippen LogP contribution in [0.2, 0.25) is 0 Å². The Morgan fingerprint density at radius 3 is 2.41 bits per heavy atom. The zero-order valence-electron chi connectivity index (χ0n) is 15.9. The highest BCUT2D eigenvalue weighted by molar-refractivity contribution is 7.29. The number of fused-ring (bicyclic) bond motifs is 3. The fourth-order valence-corrected chi connectivity index (χ4v) is 6.41. The quantitative estimate of drug-likeness (QED) is 0.519. The van der Waals surface area contributed by atoms with E-state index in [4.69, 9.17) is 9.97 Å². The van der Waals surface area contributed by atoms with Crippen LogP contribution in [0.15, 0.2) is 24.8 Å². The second-order valence-electron chi connectivity index (χ2n) is 7.78. The summed E-state index contributed by atoms with van der Waals surface area (Å²) in [6.07, 6.45) is 12.2. The zero-order chi connectivity index (χ0) is 19.4. The molecule has 0 amide bonds. The molecule has 2 saturated heterocycles. The maximum absolute atomic E-state index is 4.89. The highest BCUT2D eigenvalue weighted by Crippen LogP contribution is 2.38. The van der Waals surface area contributed by atoms with Crippen LogP contribution >= 0.6 is 22.7 Å². The highest BCUT2D eigenvalue weighted by atomic mass is 32.1. The van der Waals surface area contributed by atoms with Gasteiger partial charge in [0.15, 0.2) is 20.6 Å². The predicted molar refractivity (Wildman–Crippen MR) is 115 cm³/mol. The lowest BCUT2D eigenvalue weighted by molar-refractivity contribution is 0.354. The second-order valence-corrected chi connectivity index (χ2v) is 9.72. The van der Waals surface area contributed by atoms with Crippen molar-refractivity contribution in [3.63, 3.8) is 0 Å². The summed E-state index contributed by atoms with van der Waals surface area (Å²) in [5, 5.41) is 12.4. The van der Waals surface area contributed by atoms with E-state index in [-0.39, 0.29) is 0 Å². The molecule has 4 aromatic heterocycles. The molecular weight excluding hydrogens is 404 g/mol. The molecule has 0 aliphatic carbocycles. The van der Waals surface area contributed by atoms with Gasteiger partial charge >= 0.3 is 0 Å². The van der Waals surface area contributed by atoms with Gasteiger partial charge in [0.2, 0.25) is 0 Å². The van der Waals surface area contributed by atoms with Crippen molar-refractivity contribution < 1.29 is 0 Å². The van der Waals surface area contributed by atoms with E-state index in [9.17, 15) is 0 Å². The number of aromatic nitrogens is 6. The average molecular weight is 425 g/mol. The van der Waals surface area contributed by atoms with Gasteiger partial charge in [-0.3, -0.25) is 5.10 Å². The van der Waals surface area contributed by atoms with Gasteiger partial charge in [-0.25, -0.2) is 19.9 Å². The van der Waals surface area contributed by atoms with Gasteiger partial charge in [0, 0.05) is 49.3 Å². The number of hydrogen-bond acceptors (Lipinski definition) is 9. The number of thiazole rings is 2. The third kappa shape index (κ3) is 3.11. The number of nitrogens with one attached hydrogen (secondary N) is 2. The van der Waals surface area contributed by atoms with Gasteiger partial charge in [-0.2, -0.15) is 5.10 Å². The lowest BCUT2D eigenvalue weighted by atomic mass is 9.99. The zero-order valence-corrected chi connectivity index (χ0v) is 17.5. The molecule has 2 aliphatic heterocycles. The minimum Gasteiger partial charge on any atom is -0.348 e. The summed E-state index contributed by atoms with van der Waals surface area (Å²) in [6, 6.07) is 1.92. The Morgan fingerprint density at radius 2 is 1.72 bits per heavy atom. The smallest absolute Gasteiger partial charge is 0.188 e. The van der Waals surface area contributed by atoms with E-state index in [1.54, 1.807) is 35.1 Å². The molecule has 148 valence electrons. The first-order chi connectivity index (χ1) is 14.2. The maximum Gasteiger partial charge on any atom is 0.188 e. The molecule has 2 fully saturated rings. The SMILES string of the molecule is CN(c1nc2sc(-c3cnc(-c4cn[nH]c4)nc3)nc2s1)[C@@H]1C[C@H]2CC[C@@H](C1)N2. The first-order valence-electron chi connectivity index (χ1n) is 9.81. The number of piperidine rings is 1. The van der Waals surface area contributed by atoms with E-state index in [1.807, 2.05) is 12.4 Å². The number of anilines is 1. The summed E-state index contributed by atoms with van der Waals surface area (Å²) in [7, 11) is 2.18. The van der Waals surface area contributed by atoms with Crippen molar-refractivity contribution in [1.29, 1.82) is 0 Å². The summed E-state index contributed by atoms with van der Waals surface area (Å²) in [5.41, 5.74) is 1.79. The fraction of sp³-hybridized carbons (Fsp3) is 0.421. The molecule has 0 saturated carbocycles. The fourth-order valence-electron chi connectivity index (χ4n) is 4.37. The van der Waals surface area contributed by atoms with E-state index < -0.39 is 0 Å². The number of aromatic amines is 1. The van der Waals surface area contributed by atoms with Crippen LogP contribution in [0.25, 0.3) is 31.6 Å². The first-order valence-corrected chi connectivity index (χ1v) is 11.4. The van der Waals surface area contributed by atoms with E-state index >= 15 is 0 Å². The molecule has 3 atom stereocenters. The lowest BCUT2D eigenvalue weighted by Crippen LogP contribution is -2.47. The third-order valence-corrected chi connectivity index (χ3v) is 8.08. The molecule has 2 N–H and O–H groups in total. The molecule has 6 heterocycles. The Hall–Kier alpha value is -2.43. The average Bonchev–Trinajstić information content (AvgIpc) is 3.51. The van der Waals surface area contributed by atoms with Gasteiger partial charge in [-0.15, -0.1) is 0 Å². The standard InChI is InChI=1S/C19H20N8S2/c1-27(14-4-12-2-3-13(5-14)24-12)19-26-18-17(29-19)25-16(28-18)11-6-20-15(21-7-11)10-8-22-23-9-10/h6-9,12-14,24H,2-5H2,1H3,(H,22,23)/t12-,13+,14-. The molecule has 2 bridgehead atoms. The van der Waals surface area contributed by atoms with Crippen molar-refractivity contribution >= 4 is 37.5 Å².